The third-order valence-corrected chi connectivity index (χ3v) is 4.78. The Bertz CT molecular complexity index is 926. The van der Waals surface area contributed by atoms with Crippen molar-refractivity contribution in [3.05, 3.63) is 53.5 Å². The lowest BCUT2D eigenvalue weighted by Gasteiger charge is -2.23. The molecule has 1 N–H and O–H groups in total. The van der Waals surface area contributed by atoms with E-state index >= 15 is 0 Å². The fourth-order valence-corrected chi connectivity index (χ4v) is 3.57. The fourth-order valence-electron chi connectivity index (χ4n) is 3.57. The molecule has 0 saturated carbocycles. The number of H-pyrrole nitrogens is 1. The van der Waals surface area contributed by atoms with Gasteiger partial charge < -0.3 is 14.5 Å². The minimum absolute atomic E-state index is 0.0269. The number of halogens is 1. The molecule has 5 nitrogen and oxygen atoms in total. The highest BCUT2D eigenvalue weighted by Gasteiger charge is 2.33. The first kappa shape index (κ1) is 14.9. The van der Waals surface area contributed by atoms with Gasteiger partial charge in [0.2, 0.25) is 0 Å². The third kappa shape index (κ3) is 2.29. The van der Waals surface area contributed by atoms with Gasteiger partial charge in [-0.1, -0.05) is 0 Å². The number of carbonyl (C=O) groups is 1. The van der Waals surface area contributed by atoms with Crippen LogP contribution in [-0.2, 0) is 7.05 Å². The molecule has 1 fully saturated rings. The summed E-state index contributed by atoms with van der Waals surface area (Å²) >= 11 is 0. The number of rotatable bonds is 2. The van der Waals surface area contributed by atoms with Gasteiger partial charge in [0, 0.05) is 36.4 Å². The Labute approximate surface area is 139 Å². The van der Waals surface area contributed by atoms with E-state index in [4.69, 9.17) is 0 Å². The van der Waals surface area contributed by atoms with Gasteiger partial charge in [-0.15, -0.1) is 0 Å². The number of likely N-dealkylation sites (tertiary alicyclic amines) is 1. The molecule has 2 aromatic heterocycles. The molecule has 1 aliphatic rings. The molecule has 0 spiro atoms. The van der Waals surface area contributed by atoms with E-state index in [0.29, 0.717) is 12.2 Å². The van der Waals surface area contributed by atoms with Gasteiger partial charge in [0.05, 0.1) is 6.04 Å². The predicted octanol–water partition coefficient (Wildman–Crippen LogP) is 3.33. The van der Waals surface area contributed by atoms with Crippen molar-refractivity contribution in [1.29, 1.82) is 0 Å². The summed E-state index contributed by atoms with van der Waals surface area (Å²) in [4.78, 5) is 22.6. The van der Waals surface area contributed by atoms with Crippen LogP contribution in [0.25, 0.3) is 10.9 Å². The van der Waals surface area contributed by atoms with Gasteiger partial charge in [-0.2, -0.15) is 0 Å². The van der Waals surface area contributed by atoms with Crippen molar-refractivity contribution in [3.8, 4) is 0 Å². The smallest absolute Gasteiger partial charge is 0.271 e. The molecule has 0 aliphatic carbocycles. The second-order valence-corrected chi connectivity index (χ2v) is 6.40. The molecule has 3 heterocycles. The largest absolute Gasteiger partial charge is 0.344 e. The average molecular weight is 326 g/mol. The normalized spacial score (nSPS) is 17.8. The van der Waals surface area contributed by atoms with Crippen molar-refractivity contribution >= 4 is 16.8 Å². The van der Waals surface area contributed by atoms with Crippen LogP contribution in [-0.4, -0.2) is 31.9 Å². The molecule has 24 heavy (non-hydrogen) atoms. The number of nitrogens with zero attached hydrogens (tertiary/aromatic N) is 3. The van der Waals surface area contributed by atoms with Crippen molar-refractivity contribution in [2.45, 2.75) is 25.8 Å². The van der Waals surface area contributed by atoms with E-state index in [1.165, 1.54) is 12.1 Å². The van der Waals surface area contributed by atoms with Crippen LogP contribution in [0.3, 0.4) is 0 Å². The maximum atomic E-state index is 13.4. The van der Waals surface area contributed by atoms with Gasteiger partial charge in [0.15, 0.2) is 0 Å². The maximum absolute atomic E-state index is 13.4. The van der Waals surface area contributed by atoms with Gasteiger partial charge in [-0.25, -0.2) is 9.37 Å². The van der Waals surface area contributed by atoms with Crippen molar-refractivity contribution in [1.82, 2.24) is 19.4 Å². The second kappa shape index (κ2) is 5.47. The van der Waals surface area contributed by atoms with Crippen LogP contribution < -0.4 is 0 Å². The number of fused-ring (bicyclic) bond motifs is 1. The molecule has 3 aromatic rings. The number of carbonyl (C=O) groups excluding carboxylic acids is 1. The monoisotopic (exact) mass is 326 g/mol. The molecule has 124 valence electrons. The second-order valence-electron chi connectivity index (χ2n) is 6.40. The SMILES string of the molecule is Cc1cnc(C2CCCN2C(=O)c2cc3cc(F)ccc3n2C)[nH]1. The lowest BCUT2D eigenvalue weighted by molar-refractivity contribution is 0.0721. The molecule has 1 aromatic carbocycles. The number of hydrogen-bond donors (Lipinski definition) is 1. The summed E-state index contributed by atoms with van der Waals surface area (Å²) in [6.07, 6.45) is 3.64. The molecule has 1 saturated heterocycles. The van der Waals surface area contributed by atoms with Crippen LogP contribution in [0.5, 0.6) is 0 Å². The Hall–Kier alpha value is -2.63. The van der Waals surface area contributed by atoms with Gasteiger partial charge >= 0.3 is 0 Å². The lowest BCUT2D eigenvalue weighted by atomic mass is 10.2. The molecule has 1 unspecified atom stereocenters. The van der Waals surface area contributed by atoms with E-state index in [9.17, 15) is 9.18 Å². The molecule has 1 atom stereocenters. The van der Waals surface area contributed by atoms with E-state index in [1.54, 1.807) is 18.3 Å². The number of aromatic amines is 1. The predicted molar refractivity (Wildman–Crippen MR) is 89.2 cm³/mol. The summed E-state index contributed by atoms with van der Waals surface area (Å²) in [6.45, 7) is 2.66. The first-order valence-corrected chi connectivity index (χ1v) is 8.12. The van der Waals surface area contributed by atoms with Crippen molar-refractivity contribution in [3.63, 3.8) is 0 Å². The molecule has 1 aliphatic heterocycles. The number of nitrogens with one attached hydrogen (secondary N) is 1. The summed E-state index contributed by atoms with van der Waals surface area (Å²) in [6, 6.07) is 6.33. The van der Waals surface area contributed by atoms with Gasteiger partial charge in [0.1, 0.15) is 17.3 Å². The molecule has 0 bridgehead atoms. The number of aryl methyl sites for hydroxylation is 2. The molecule has 4 rings (SSSR count). The van der Waals surface area contributed by atoms with E-state index in [1.807, 2.05) is 23.4 Å². The Balaban J connectivity index is 1.71. The maximum Gasteiger partial charge on any atom is 0.271 e. The summed E-state index contributed by atoms with van der Waals surface area (Å²) in [5.41, 5.74) is 2.42. The molecule has 1 amide bonds. The van der Waals surface area contributed by atoms with E-state index in [2.05, 4.69) is 9.97 Å². The minimum Gasteiger partial charge on any atom is -0.344 e. The molecule has 0 radical (unpaired) electrons. The Morgan fingerprint density at radius 2 is 2.21 bits per heavy atom. The summed E-state index contributed by atoms with van der Waals surface area (Å²) < 4.78 is 15.3. The van der Waals surface area contributed by atoms with Crippen LogP contribution in [0.2, 0.25) is 0 Å². The Morgan fingerprint density at radius 3 is 2.96 bits per heavy atom. The van der Waals surface area contributed by atoms with Crippen LogP contribution in [0.4, 0.5) is 4.39 Å². The summed E-state index contributed by atoms with van der Waals surface area (Å²) in [5.74, 6) is 0.506. The third-order valence-electron chi connectivity index (χ3n) is 4.78. The topological polar surface area (TPSA) is 53.9 Å². The number of benzene rings is 1. The van der Waals surface area contributed by atoms with E-state index in [0.717, 1.165) is 35.3 Å². The quantitative estimate of drug-likeness (QED) is 0.785. The molecular formula is C18H19FN4O. The number of imidazole rings is 1. The number of amides is 1. The van der Waals surface area contributed by atoms with Crippen molar-refractivity contribution in [2.75, 3.05) is 6.54 Å². The summed E-state index contributed by atoms with van der Waals surface area (Å²) in [7, 11) is 1.84. The highest BCUT2D eigenvalue weighted by molar-refractivity contribution is 5.99. The van der Waals surface area contributed by atoms with Crippen molar-refractivity contribution in [2.24, 2.45) is 7.05 Å². The zero-order valence-electron chi connectivity index (χ0n) is 13.7. The highest BCUT2D eigenvalue weighted by atomic mass is 19.1. The first-order valence-electron chi connectivity index (χ1n) is 8.12. The van der Waals surface area contributed by atoms with E-state index < -0.39 is 0 Å². The Morgan fingerprint density at radius 1 is 1.38 bits per heavy atom. The molecular weight excluding hydrogens is 307 g/mol. The average Bonchev–Trinajstić information content (AvgIpc) is 3.25. The standard InChI is InChI=1S/C18H19FN4O/c1-11-10-20-17(21-11)15-4-3-7-23(15)18(24)16-9-12-8-13(19)5-6-14(12)22(16)2/h5-6,8-10,15H,3-4,7H2,1-2H3,(H,20,21). The van der Waals surface area contributed by atoms with Gasteiger partial charge in [0.25, 0.3) is 5.91 Å². The lowest BCUT2D eigenvalue weighted by Crippen LogP contribution is -2.32. The Kier molecular flexibility index (Phi) is 3.40. The number of hydrogen-bond acceptors (Lipinski definition) is 2. The van der Waals surface area contributed by atoms with Crippen LogP contribution in [0.1, 0.15) is 40.9 Å². The molecule has 6 heteroatoms. The summed E-state index contributed by atoms with van der Waals surface area (Å²) in [5, 5.41) is 0.741. The zero-order valence-corrected chi connectivity index (χ0v) is 13.7. The first-order chi connectivity index (χ1) is 11.5. The van der Waals surface area contributed by atoms with Crippen LogP contribution in [0, 0.1) is 12.7 Å². The fraction of sp³-hybridized carbons (Fsp3) is 0.333. The van der Waals surface area contributed by atoms with Gasteiger partial charge in [-0.05, 0) is 44.0 Å². The number of aromatic nitrogens is 3. The van der Waals surface area contributed by atoms with Gasteiger partial charge in [-0.3, -0.25) is 4.79 Å². The highest BCUT2D eigenvalue weighted by Crippen LogP contribution is 2.32. The van der Waals surface area contributed by atoms with Crippen molar-refractivity contribution < 1.29 is 9.18 Å². The van der Waals surface area contributed by atoms with Crippen LogP contribution in [0.15, 0.2) is 30.5 Å². The van der Waals surface area contributed by atoms with Crippen LogP contribution >= 0.6 is 0 Å². The van der Waals surface area contributed by atoms with E-state index in [-0.39, 0.29) is 17.8 Å². The minimum atomic E-state index is -0.294. The zero-order chi connectivity index (χ0) is 16.8.